The number of halogens is 1. The lowest BCUT2D eigenvalue weighted by Gasteiger charge is -2.08. The first-order valence-electron chi connectivity index (χ1n) is 6.03. The van der Waals surface area contributed by atoms with Gasteiger partial charge in [0.25, 0.3) is 0 Å². The number of nitrogens with two attached hydrogens (primary N) is 1. The predicted molar refractivity (Wildman–Crippen MR) is 72.1 cm³/mol. The van der Waals surface area contributed by atoms with Crippen LogP contribution in [0.25, 0.3) is 0 Å². The minimum absolute atomic E-state index is 0.0328. The van der Waals surface area contributed by atoms with Crippen LogP contribution in [0.2, 0.25) is 0 Å². The quantitative estimate of drug-likeness (QED) is 0.625. The van der Waals surface area contributed by atoms with Gasteiger partial charge in [-0.1, -0.05) is 18.8 Å². The van der Waals surface area contributed by atoms with Gasteiger partial charge in [-0.2, -0.15) is 0 Å². The average Bonchev–Trinajstić information content (AvgIpc) is 2.39. The molecule has 0 saturated carbocycles. The molecule has 0 atom stereocenters. The topological polar surface area (TPSA) is 64.3 Å². The fourth-order valence-electron chi connectivity index (χ4n) is 1.37. The number of hydrogen-bond donors (Lipinski definition) is 2. The zero-order valence-electron chi connectivity index (χ0n) is 10.8. The molecule has 5 heteroatoms. The summed E-state index contributed by atoms with van der Waals surface area (Å²) in [7, 11) is 0. The van der Waals surface area contributed by atoms with E-state index in [0.29, 0.717) is 17.9 Å². The highest BCUT2D eigenvalue weighted by Crippen LogP contribution is 2.15. The molecule has 1 rings (SSSR count). The number of benzene rings is 1. The van der Waals surface area contributed by atoms with Gasteiger partial charge >= 0.3 is 0 Å². The largest absolute Gasteiger partial charge is 0.372 e. The Hall–Kier alpha value is -1.90. The molecule has 3 N–H and O–H groups in total. The van der Waals surface area contributed by atoms with E-state index in [1.165, 1.54) is 18.2 Å². The first-order valence-corrected chi connectivity index (χ1v) is 6.03. The molecule has 0 bridgehead atoms. The van der Waals surface area contributed by atoms with E-state index in [2.05, 4.69) is 17.2 Å². The number of carbonyl (C=O) groups excluding carboxylic acids is 1. The average molecular weight is 264 g/mol. The Morgan fingerprint density at radius 1 is 1.53 bits per heavy atom. The first kappa shape index (κ1) is 15.2. The zero-order valence-corrected chi connectivity index (χ0v) is 10.8. The third kappa shape index (κ3) is 5.51. The van der Waals surface area contributed by atoms with Crippen LogP contribution in [0.5, 0.6) is 0 Å². The molecule has 0 aliphatic carbocycles. The van der Waals surface area contributed by atoms with Crippen LogP contribution < -0.4 is 11.1 Å². The van der Waals surface area contributed by atoms with Gasteiger partial charge in [-0.05, 0) is 24.6 Å². The smallest absolute Gasteiger partial charge is 0.250 e. The van der Waals surface area contributed by atoms with Crippen molar-refractivity contribution in [3.63, 3.8) is 0 Å². The molecule has 19 heavy (non-hydrogen) atoms. The van der Waals surface area contributed by atoms with Crippen LogP contribution in [0.4, 0.5) is 10.1 Å². The second kappa shape index (κ2) is 8.25. The molecule has 0 aliphatic heterocycles. The summed E-state index contributed by atoms with van der Waals surface area (Å²) in [5.41, 5.74) is 6.12. The molecule has 0 spiro atoms. The molecule has 1 aromatic carbocycles. The van der Waals surface area contributed by atoms with Crippen molar-refractivity contribution in [3.8, 4) is 11.8 Å². The fourth-order valence-corrected chi connectivity index (χ4v) is 1.37. The van der Waals surface area contributed by atoms with E-state index >= 15 is 0 Å². The number of ether oxygens (including phenoxy) is 1. The molecule has 0 fully saturated rings. The van der Waals surface area contributed by atoms with E-state index in [0.717, 1.165) is 6.42 Å². The Kier molecular flexibility index (Phi) is 6.58. The molecule has 0 radical (unpaired) electrons. The predicted octanol–water partition coefficient (Wildman–Crippen LogP) is 1.50. The van der Waals surface area contributed by atoms with Crippen molar-refractivity contribution in [1.82, 2.24) is 0 Å². The number of anilines is 1. The van der Waals surface area contributed by atoms with Crippen molar-refractivity contribution in [2.45, 2.75) is 13.3 Å². The summed E-state index contributed by atoms with van der Waals surface area (Å²) in [5.74, 6) is 4.63. The Balaban J connectivity index is 2.74. The Bertz CT molecular complexity index is 492. The summed E-state index contributed by atoms with van der Waals surface area (Å²) in [5, 5.41) is 2.63. The molecule has 0 saturated heterocycles. The molecule has 1 aromatic rings. The highest BCUT2D eigenvalue weighted by molar-refractivity contribution is 5.93. The van der Waals surface area contributed by atoms with Crippen LogP contribution in [0.3, 0.4) is 0 Å². The monoisotopic (exact) mass is 264 g/mol. The van der Waals surface area contributed by atoms with Gasteiger partial charge in [0, 0.05) is 6.61 Å². The SMILES string of the molecule is CCCOCC(=O)Nc1ccc(F)cc1C#CCN. The number of rotatable bonds is 5. The molecule has 0 heterocycles. The van der Waals surface area contributed by atoms with Gasteiger partial charge in [0.05, 0.1) is 17.8 Å². The van der Waals surface area contributed by atoms with Crippen LogP contribution >= 0.6 is 0 Å². The summed E-state index contributed by atoms with van der Waals surface area (Å²) < 4.78 is 18.2. The van der Waals surface area contributed by atoms with E-state index in [9.17, 15) is 9.18 Å². The molecule has 102 valence electrons. The highest BCUT2D eigenvalue weighted by Gasteiger charge is 2.06. The Labute approximate surface area is 112 Å². The number of hydrogen-bond acceptors (Lipinski definition) is 3. The highest BCUT2D eigenvalue weighted by atomic mass is 19.1. The summed E-state index contributed by atoms with van der Waals surface area (Å²) in [4.78, 5) is 11.6. The van der Waals surface area contributed by atoms with Crippen molar-refractivity contribution in [3.05, 3.63) is 29.6 Å². The van der Waals surface area contributed by atoms with Gasteiger partial charge in [0.15, 0.2) is 0 Å². The lowest BCUT2D eigenvalue weighted by Crippen LogP contribution is -2.19. The second-order valence-electron chi connectivity index (χ2n) is 3.80. The molecule has 0 unspecified atom stereocenters. The van der Waals surface area contributed by atoms with Crippen LogP contribution in [-0.4, -0.2) is 25.7 Å². The van der Waals surface area contributed by atoms with Crippen LogP contribution in [0.15, 0.2) is 18.2 Å². The molecule has 0 aliphatic rings. The minimum atomic E-state index is -0.415. The van der Waals surface area contributed by atoms with Gasteiger partial charge < -0.3 is 15.8 Å². The number of nitrogens with one attached hydrogen (secondary N) is 1. The zero-order chi connectivity index (χ0) is 14.1. The summed E-state index contributed by atoms with van der Waals surface area (Å²) in [6, 6.07) is 3.98. The summed E-state index contributed by atoms with van der Waals surface area (Å²) in [6.07, 6.45) is 0.844. The lowest BCUT2D eigenvalue weighted by atomic mass is 10.1. The maximum atomic E-state index is 13.1. The summed E-state index contributed by atoms with van der Waals surface area (Å²) in [6.45, 7) is 2.62. The van der Waals surface area contributed by atoms with Crippen molar-refractivity contribution in [2.24, 2.45) is 5.73 Å². The molecule has 1 amide bonds. The van der Waals surface area contributed by atoms with Gasteiger partial charge in [-0.25, -0.2) is 4.39 Å². The maximum absolute atomic E-state index is 13.1. The summed E-state index contributed by atoms with van der Waals surface area (Å²) >= 11 is 0. The standard InChI is InChI=1S/C14H17FN2O2/c1-2-8-19-10-14(18)17-13-6-5-12(15)9-11(13)4-3-7-16/h5-6,9H,2,7-8,10,16H2,1H3,(H,17,18). The molecule has 4 nitrogen and oxygen atoms in total. The van der Waals surface area contributed by atoms with Crippen LogP contribution in [0.1, 0.15) is 18.9 Å². The van der Waals surface area contributed by atoms with E-state index in [1.54, 1.807) is 0 Å². The molecule has 0 aromatic heterocycles. The Morgan fingerprint density at radius 3 is 3.00 bits per heavy atom. The van der Waals surface area contributed by atoms with E-state index in [4.69, 9.17) is 10.5 Å². The maximum Gasteiger partial charge on any atom is 0.250 e. The third-order valence-corrected chi connectivity index (χ3v) is 2.16. The van der Waals surface area contributed by atoms with Crippen molar-refractivity contribution >= 4 is 11.6 Å². The van der Waals surface area contributed by atoms with E-state index in [-0.39, 0.29) is 19.1 Å². The van der Waals surface area contributed by atoms with Gasteiger partial charge in [0.1, 0.15) is 12.4 Å². The van der Waals surface area contributed by atoms with E-state index in [1.807, 2.05) is 6.92 Å². The van der Waals surface area contributed by atoms with E-state index < -0.39 is 5.82 Å². The normalized spacial score (nSPS) is 9.63. The van der Waals surface area contributed by atoms with Gasteiger partial charge in [0.2, 0.25) is 5.91 Å². The van der Waals surface area contributed by atoms with Gasteiger partial charge in [-0.3, -0.25) is 4.79 Å². The van der Waals surface area contributed by atoms with Gasteiger partial charge in [-0.15, -0.1) is 0 Å². The number of amides is 1. The van der Waals surface area contributed by atoms with Crippen molar-refractivity contribution in [1.29, 1.82) is 0 Å². The Morgan fingerprint density at radius 2 is 2.32 bits per heavy atom. The van der Waals surface area contributed by atoms with Crippen molar-refractivity contribution in [2.75, 3.05) is 25.1 Å². The van der Waals surface area contributed by atoms with Crippen molar-refractivity contribution < 1.29 is 13.9 Å². The fraction of sp³-hybridized carbons (Fsp3) is 0.357. The second-order valence-corrected chi connectivity index (χ2v) is 3.80. The molecular weight excluding hydrogens is 247 g/mol. The van der Waals surface area contributed by atoms with Crippen LogP contribution in [0, 0.1) is 17.7 Å². The number of carbonyl (C=O) groups is 1. The first-order chi connectivity index (χ1) is 9.17. The lowest BCUT2D eigenvalue weighted by molar-refractivity contribution is -0.120. The molecular formula is C14H17FN2O2. The minimum Gasteiger partial charge on any atom is -0.372 e. The van der Waals surface area contributed by atoms with Crippen LogP contribution in [-0.2, 0) is 9.53 Å². The third-order valence-electron chi connectivity index (χ3n) is 2.16.